The van der Waals surface area contributed by atoms with Gasteiger partial charge in [0, 0.05) is 18.0 Å². The molecule has 8 heteroatoms. The lowest BCUT2D eigenvalue weighted by molar-refractivity contribution is -0.215. The third-order valence-corrected chi connectivity index (χ3v) is 7.29. The second kappa shape index (κ2) is 8.05. The lowest BCUT2D eigenvalue weighted by atomic mass is 9.85. The molecule has 1 aliphatic heterocycles. The third-order valence-electron chi connectivity index (χ3n) is 6.08. The van der Waals surface area contributed by atoms with Crippen molar-refractivity contribution >= 4 is 22.2 Å². The predicted octanol–water partition coefficient (Wildman–Crippen LogP) is 4.89. The fourth-order valence-electron chi connectivity index (χ4n) is 4.41. The Morgan fingerprint density at radius 2 is 1.97 bits per heavy atom. The maximum atomic E-state index is 14.1. The number of thiophene rings is 1. The van der Waals surface area contributed by atoms with Gasteiger partial charge in [-0.25, -0.2) is 0 Å². The van der Waals surface area contributed by atoms with Gasteiger partial charge in [0.25, 0.3) is 0 Å². The van der Waals surface area contributed by atoms with Crippen LogP contribution in [0.5, 0.6) is 0 Å². The van der Waals surface area contributed by atoms with Crippen LogP contribution in [-0.4, -0.2) is 30.1 Å². The van der Waals surface area contributed by atoms with Gasteiger partial charge in [-0.2, -0.15) is 18.4 Å². The van der Waals surface area contributed by atoms with Crippen molar-refractivity contribution < 1.29 is 18.0 Å². The Balaban J connectivity index is 1.57. The molecule has 2 heterocycles. The summed E-state index contributed by atoms with van der Waals surface area (Å²) in [4.78, 5) is 15.7. The van der Waals surface area contributed by atoms with Gasteiger partial charge in [-0.05, 0) is 49.8 Å². The van der Waals surface area contributed by atoms with Crippen LogP contribution >= 0.6 is 11.3 Å². The van der Waals surface area contributed by atoms with Crippen molar-refractivity contribution in [1.82, 2.24) is 4.90 Å². The number of benzene rings is 1. The molecule has 2 aromatic rings. The topological polar surface area (TPSA) is 56.1 Å². The van der Waals surface area contributed by atoms with Gasteiger partial charge in [0.15, 0.2) is 5.41 Å². The number of anilines is 1. The van der Waals surface area contributed by atoms with Crippen molar-refractivity contribution in [2.45, 2.75) is 44.8 Å². The number of fused-ring (bicyclic) bond motifs is 1. The van der Waals surface area contributed by atoms with Gasteiger partial charge in [0.2, 0.25) is 5.91 Å². The van der Waals surface area contributed by atoms with E-state index in [0.29, 0.717) is 12.1 Å². The summed E-state index contributed by atoms with van der Waals surface area (Å²) < 4.78 is 42.4. The molecule has 1 atom stereocenters. The van der Waals surface area contributed by atoms with Crippen LogP contribution in [0.4, 0.5) is 18.2 Å². The summed E-state index contributed by atoms with van der Waals surface area (Å²) in [5, 5.41) is 12.3. The summed E-state index contributed by atoms with van der Waals surface area (Å²) in [5.41, 5.74) is -0.339. The molecule has 158 valence electrons. The van der Waals surface area contributed by atoms with Gasteiger partial charge < -0.3 is 5.32 Å². The van der Waals surface area contributed by atoms with E-state index in [9.17, 15) is 23.2 Å². The zero-order valence-corrected chi connectivity index (χ0v) is 17.2. The van der Waals surface area contributed by atoms with Crippen LogP contribution < -0.4 is 5.32 Å². The maximum Gasteiger partial charge on any atom is 0.404 e. The SMILES string of the molecule is N#Cc1c(NC(=O)C2(C(F)(F)F)CCN(Cc3ccccc3)C2)sc2c1CCCC2. The highest BCUT2D eigenvalue weighted by Crippen LogP contribution is 2.47. The van der Waals surface area contributed by atoms with Crippen molar-refractivity contribution in [1.29, 1.82) is 5.26 Å². The van der Waals surface area contributed by atoms with Gasteiger partial charge in [0.05, 0.1) is 5.56 Å². The van der Waals surface area contributed by atoms with Gasteiger partial charge in [-0.15, -0.1) is 11.3 Å². The van der Waals surface area contributed by atoms with Gasteiger partial charge in [0.1, 0.15) is 11.1 Å². The molecule has 1 aliphatic carbocycles. The lowest BCUT2D eigenvalue weighted by Crippen LogP contribution is -2.49. The van der Waals surface area contributed by atoms with Crippen LogP contribution in [0.25, 0.3) is 0 Å². The second-order valence-corrected chi connectivity index (χ2v) is 9.11. The van der Waals surface area contributed by atoms with E-state index in [0.717, 1.165) is 41.7 Å². The molecule has 1 aromatic carbocycles. The van der Waals surface area contributed by atoms with Crippen molar-refractivity contribution in [2.75, 3.05) is 18.4 Å². The van der Waals surface area contributed by atoms with E-state index in [1.54, 1.807) is 4.90 Å². The first-order valence-electron chi connectivity index (χ1n) is 10.0. The standard InChI is InChI=1S/C22H22F3N3OS/c23-22(24,25)21(10-11-28(14-21)13-15-6-2-1-3-7-15)20(29)27-19-17(12-26)16-8-4-5-9-18(16)30-19/h1-3,6-7H,4-5,8-11,13-14H2,(H,27,29). The number of halogens is 3. The van der Waals surface area contributed by atoms with Crippen molar-refractivity contribution in [3.63, 3.8) is 0 Å². The predicted molar refractivity (Wildman–Crippen MR) is 109 cm³/mol. The van der Waals surface area contributed by atoms with E-state index >= 15 is 0 Å². The van der Waals surface area contributed by atoms with E-state index < -0.39 is 17.5 Å². The summed E-state index contributed by atoms with van der Waals surface area (Å²) in [6.45, 7) is 0.167. The first-order valence-corrected chi connectivity index (χ1v) is 10.8. The second-order valence-electron chi connectivity index (χ2n) is 8.01. The Morgan fingerprint density at radius 3 is 2.67 bits per heavy atom. The molecule has 1 aromatic heterocycles. The molecule has 4 rings (SSSR count). The Bertz CT molecular complexity index is 980. The van der Waals surface area contributed by atoms with Crippen molar-refractivity contribution in [2.24, 2.45) is 5.41 Å². The minimum atomic E-state index is -4.67. The number of hydrogen-bond donors (Lipinski definition) is 1. The number of rotatable bonds is 4. The number of alkyl halides is 3. The monoisotopic (exact) mass is 433 g/mol. The number of aryl methyl sites for hydroxylation is 1. The lowest BCUT2D eigenvalue weighted by Gasteiger charge is -2.30. The first kappa shape index (κ1) is 20.9. The normalized spacial score (nSPS) is 21.8. The molecule has 2 aliphatic rings. The smallest absolute Gasteiger partial charge is 0.316 e. The molecule has 0 radical (unpaired) electrons. The number of hydrogen-bond acceptors (Lipinski definition) is 4. The number of amides is 1. The first-order chi connectivity index (χ1) is 14.3. The molecule has 1 unspecified atom stereocenters. The minimum absolute atomic E-state index is 0.188. The van der Waals surface area contributed by atoms with Gasteiger partial charge >= 0.3 is 6.18 Å². The van der Waals surface area contributed by atoms with Gasteiger partial charge in [-0.1, -0.05) is 30.3 Å². The zero-order valence-electron chi connectivity index (χ0n) is 16.4. The Kier molecular flexibility index (Phi) is 5.60. The number of likely N-dealkylation sites (tertiary alicyclic amines) is 1. The Hall–Kier alpha value is -2.37. The number of nitrogens with one attached hydrogen (secondary N) is 1. The average Bonchev–Trinajstić information content (AvgIpc) is 3.30. The zero-order chi connectivity index (χ0) is 21.4. The summed E-state index contributed by atoms with van der Waals surface area (Å²) in [5.74, 6) is -1.05. The molecular weight excluding hydrogens is 411 g/mol. The number of carbonyl (C=O) groups excluding carboxylic acids is 1. The highest BCUT2D eigenvalue weighted by Gasteiger charge is 2.63. The fourth-order valence-corrected chi connectivity index (χ4v) is 5.64. The Morgan fingerprint density at radius 1 is 1.23 bits per heavy atom. The van der Waals surface area contributed by atoms with E-state index in [4.69, 9.17) is 0 Å². The molecule has 1 amide bonds. The largest absolute Gasteiger partial charge is 0.404 e. The molecule has 0 spiro atoms. The van der Waals surface area contributed by atoms with Crippen LogP contribution in [0.1, 0.15) is 40.8 Å². The van der Waals surface area contributed by atoms with E-state index in [1.165, 1.54) is 11.3 Å². The van der Waals surface area contributed by atoms with Gasteiger partial charge in [-0.3, -0.25) is 9.69 Å². The summed E-state index contributed by atoms with van der Waals surface area (Å²) in [6, 6.07) is 11.4. The summed E-state index contributed by atoms with van der Waals surface area (Å²) >= 11 is 1.25. The van der Waals surface area contributed by atoms with Crippen molar-refractivity contribution in [3.8, 4) is 6.07 Å². The van der Waals surface area contributed by atoms with E-state index in [2.05, 4.69) is 11.4 Å². The third kappa shape index (κ3) is 3.72. The molecule has 1 fully saturated rings. The molecular formula is C22H22F3N3OS. The molecule has 0 saturated carbocycles. The molecule has 1 saturated heterocycles. The quantitative estimate of drug-likeness (QED) is 0.747. The van der Waals surface area contributed by atoms with E-state index in [-0.39, 0.29) is 24.5 Å². The average molecular weight is 433 g/mol. The van der Waals surface area contributed by atoms with E-state index in [1.807, 2.05) is 30.3 Å². The minimum Gasteiger partial charge on any atom is -0.316 e. The highest BCUT2D eigenvalue weighted by atomic mass is 32.1. The molecule has 30 heavy (non-hydrogen) atoms. The highest BCUT2D eigenvalue weighted by molar-refractivity contribution is 7.16. The van der Waals surface area contributed by atoms with Crippen LogP contribution in [0.15, 0.2) is 30.3 Å². The summed E-state index contributed by atoms with van der Waals surface area (Å²) in [7, 11) is 0. The van der Waals surface area contributed by atoms with Crippen LogP contribution in [0, 0.1) is 16.7 Å². The molecule has 1 N–H and O–H groups in total. The number of nitrogens with zero attached hydrogens (tertiary/aromatic N) is 2. The van der Waals surface area contributed by atoms with Crippen molar-refractivity contribution in [3.05, 3.63) is 51.9 Å². The number of carbonyl (C=O) groups is 1. The molecule has 0 bridgehead atoms. The molecule has 4 nitrogen and oxygen atoms in total. The fraction of sp³-hybridized carbons (Fsp3) is 0.455. The number of nitriles is 1. The maximum absolute atomic E-state index is 14.1. The Labute approximate surface area is 177 Å². The van der Waals surface area contributed by atoms with Crippen LogP contribution in [0.3, 0.4) is 0 Å². The van der Waals surface area contributed by atoms with Crippen LogP contribution in [-0.2, 0) is 24.2 Å². The van der Waals surface area contributed by atoms with Crippen LogP contribution in [0.2, 0.25) is 0 Å². The summed E-state index contributed by atoms with van der Waals surface area (Å²) in [6.07, 6.45) is -1.48.